The number of carbonyl (C=O) groups excluding carboxylic acids is 1. The van der Waals surface area contributed by atoms with E-state index in [1.165, 1.54) is 12.1 Å². The molecule has 0 radical (unpaired) electrons. The fourth-order valence-corrected chi connectivity index (χ4v) is 1.29. The van der Waals surface area contributed by atoms with Crippen molar-refractivity contribution in [3.8, 4) is 5.75 Å². The summed E-state index contributed by atoms with van der Waals surface area (Å²) in [6.45, 7) is 3.76. The maximum Gasteiger partial charge on any atom is 0.335 e. The van der Waals surface area contributed by atoms with Gasteiger partial charge in [0.05, 0.1) is 5.56 Å². The smallest absolute Gasteiger partial charge is 0.335 e. The summed E-state index contributed by atoms with van der Waals surface area (Å²) in [4.78, 5) is 22.2. The number of ether oxygens (including phenoxy) is 1. The molecule has 18 heavy (non-hydrogen) atoms. The van der Waals surface area contributed by atoms with E-state index < -0.39 is 5.97 Å². The molecule has 1 rings (SSSR count). The van der Waals surface area contributed by atoms with Crippen molar-refractivity contribution in [2.24, 2.45) is 0 Å². The summed E-state index contributed by atoms with van der Waals surface area (Å²) in [6.07, 6.45) is 0.847. The van der Waals surface area contributed by atoms with Crippen molar-refractivity contribution in [1.82, 2.24) is 5.32 Å². The summed E-state index contributed by atoms with van der Waals surface area (Å²) in [6, 6.07) is 6.15. The van der Waals surface area contributed by atoms with Crippen LogP contribution in [0.3, 0.4) is 0 Å². The third-order valence-electron chi connectivity index (χ3n) is 2.47. The normalized spacial score (nSPS) is 11.7. The summed E-state index contributed by atoms with van der Waals surface area (Å²) >= 11 is 0. The maximum atomic E-state index is 11.5. The van der Waals surface area contributed by atoms with Crippen molar-refractivity contribution in [2.45, 2.75) is 26.3 Å². The summed E-state index contributed by atoms with van der Waals surface area (Å²) < 4.78 is 5.23. The van der Waals surface area contributed by atoms with Crippen LogP contribution in [0.2, 0.25) is 0 Å². The van der Waals surface area contributed by atoms with Gasteiger partial charge < -0.3 is 15.2 Å². The standard InChI is InChI=1S/C13H17NO4/c1-3-9(2)14-12(15)8-18-11-6-4-5-10(7-11)13(16)17/h4-7,9H,3,8H2,1-2H3,(H,14,15)(H,16,17). The van der Waals surface area contributed by atoms with E-state index >= 15 is 0 Å². The second kappa shape index (κ2) is 6.64. The molecule has 1 amide bonds. The Morgan fingerprint density at radius 2 is 2.17 bits per heavy atom. The van der Waals surface area contributed by atoms with Gasteiger partial charge in [0.15, 0.2) is 6.61 Å². The minimum Gasteiger partial charge on any atom is -0.484 e. The van der Waals surface area contributed by atoms with Crippen LogP contribution in [-0.4, -0.2) is 29.6 Å². The van der Waals surface area contributed by atoms with Crippen molar-refractivity contribution in [1.29, 1.82) is 0 Å². The fraction of sp³-hybridized carbons (Fsp3) is 0.385. The number of nitrogens with one attached hydrogen (secondary N) is 1. The van der Waals surface area contributed by atoms with Crippen molar-refractivity contribution < 1.29 is 19.4 Å². The van der Waals surface area contributed by atoms with Crippen molar-refractivity contribution in [3.05, 3.63) is 29.8 Å². The van der Waals surface area contributed by atoms with E-state index in [0.29, 0.717) is 5.75 Å². The van der Waals surface area contributed by atoms with Crippen LogP contribution in [0.4, 0.5) is 0 Å². The van der Waals surface area contributed by atoms with Gasteiger partial charge in [0.2, 0.25) is 0 Å². The van der Waals surface area contributed by atoms with Crippen molar-refractivity contribution in [2.75, 3.05) is 6.61 Å². The van der Waals surface area contributed by atoms with Crippen LogP contribution in [0.15, 0.2) is 24.3 Å². The number of aromatic carboxylic acids is 1. The predicted octanol–water partition coefficient (Wildman–Crippen LogP) is 1.68. The van der Waals surface area contributed by atoms with Crippen molar-refractivity contribution in [3.63, 3.8) is 0 Å². The number of amides is 1. The lowest BCUT2D eigenvalue weighted by molar-refractivity contribution is -0.123. The monoisotopic (exact) mass is 251 g/mol. The van der Waals surface area contributed by atoms with E-state index in [0.717, 1.165) is 6.42 Å². The van der Waals surface area contributed by atoms with E-state index in [4.69, 9.17) is 9.84 Å². The average Bonchev–Trinajstić information content (AvgIpc) is 2.36. The van der Waals surface area contributed by atoms with E-state index in [9.17, 15) is 9.59 Å². The molecule has 0 aromatic heterocycles. The molecule has 0 saturated heterocycles. The third-order valence-corrected chi connectivity index (χ3v) is 2.47. The quantitative estimate of drug-likeness (QED) is 0.806. The Balaban J connectivity index is 2.50. The lowest BCUT2D eigenvalue weighted by Gasteiger charge is -2.12. The maximum absolute atomic E-state index is 11.5. The summed E-state index contributed by atoms with van der Waals surface area (Å²) in [7, 11) is 0. The number of benzene rings is 1. The first-order chi connectivity index (χ1) is 8.52. The first-order valence-corrected chi connectivity index (χ1v) is 5.78. The van der Waals surface area contributed by atoms with Gasteiger partial charge in [-0.15, -0.1) is 0 Å². The number of carboxylic acids is 1. The van der Waals surface area contributed by atoms with E-state index in [2.05, 4.69) is 5.32 Å². The Morgan fingerprint density at radius 3 is 2.78 bits per heavy atom. The van der Waals surface area contributed by atoms with Crippen LogP contribution in [0, 0.1) is 0 Å². The highest BCUT2D eigenvalue weighted by atomic mass is 16.5. The Hall–Kier alpha value is -2.04. The van der Waals surface area contributed by atoms with E-state index in [1.807, 2.05) is 13.8 Å². The van der Waals surface area contributed by atoms with E-state index in [-0.39, 0.29) is 24.1 Å². The van der Waals surface area contributed by atoms with Gasteiger partial charge in [0.25, 0.3) is 5.91 Å². The zero-order valence-corrected chi connectivity index (χ0v) is 10.5. The molecule has 5 nitrogen and oxygen atoms in total. The molecule has 98 valence electrons. The van der Waals surface area contributed by atoms with Crippen LogP contribution in [0.25, 0.3) is 0 Å². The molecule has 0 aliphatic heterocycles. The zero-order valence-electron chi connectivity index (χ0n) is 10.5. The highest BCUT2D eigenvalue weighted by Gasteiger charge is 2.08. The first kappa shape index (κ1) is 14.0. The molecule has 0 bridgehead atoms. The molecular formula is C13H17NO4. The summed E-state index contributed by atoms with van der Waals surface area (Å²) in [5.74, 6) is -0.871. The third kappa shape index (κ3) is 4.45. The molecule has 1 atom stereocenters. The lowest BCUT2D eigenvalue weighted by Crippen LogP contribution is -2.35. The molecule has 0 fully saturated rings. The largest absolute Gasteiger partial charge is 0.484 e. The molecule has 0 aliphatic rings. The van der Waals surface area contributed by atoms with Gasteiger partial charge in [-0.25, -0.2) is 4.79 Å². The molecular weight excluding hydrogens is 234 g/mol. The lowest BCUT2D eigenvalue weighted by atomic mass is 10.2. The molecule has 0 saturated carbocycles. The predicted molar refractivity (Wildman–Crippen MR) is 66.8 cm³/mol. The van der Waals surface area contributed by atoms with Gasteiger partial charge in [-0.05, 0) is 31.5 Å². The SMILES string of the molecule is CCC(C)NC(=O)COc1cccc(C(=O)O)c1. The molecule has 1 aromatic rings. The molecule has 1 aromatic carbocycles. The Labute approximate surface area is 106 Å². The van der Waals surface area contributed by atoms with Crippen molar-refractivity contribution >= 4 is 11.9 Å². The van der Waals surface area contributed by atoms with Crippen LogP contribution < -0.4 is 10.1 Å². The topological polar surface area (TPSA) is 75.6 Å². The van der Waals surface area contributed by atoms with Crippen LogP contribution in [0.5, 0.6) is 5.75 Å². The Morgan fingerprint density at radius 1 is 1.44 bits per heavy atom. The minimum atomic E-state index is -1.02. The second-order valence-electron chi connectivity index (χ2n) is 4.00. The molecule has 1 unspecified atom stereocenters. The van der Waals surface area contributed by atoms with Gasteiger partial charge in [0, 0.05) is 6.04 Å². The molecule has 0 aliphatic carbocycles. The van der Waals surface area contributed by atoms with E-state index in [1.54, 1.807) is 12.1 Å². The van der Waals surface area contributed by atoms with Gasteiger partial charge in [-0.3, -0.25) is 4.79 Å². The number of carboxylic acid groups (broad SMARTS) is 1. The molecule has 0 spiro atoms. The Kier molecular flexibility index (Phi) is 5.17. The minimum absolute atomic E-state index is 0.103. The van der Waals surface area contributed by atoms with Gasteiger partial charge in [-0.1, -0.05) is 13.0 Å². The number of rotatable bonds is 6. The van der Waals surface area contributed by atoms with Crippen LogP contribution >= 0.6 is 0 Å². The fourth-order valence-electron chi connectivity index (χ4n) is 1.29. The number of hydrogen-bond acceptors (Lipinski definition) is 3. The van der Waals surface area contributed by atoms with Crippen LogP contribution in [0.1, 0.15) is 30.6 Å². The van der Waals surface area contributed by atoms with Gasteiger partial charge in [-0.2, -0.15) is 0 Å². The number of carbonyl (C=O) groups is 2. The van der Waals surface area contributed by atoms with Crippen LogP contribution in [-0.2, 0) is 4.79 Å². The van der Waals surface area contributed by atoms with Gasteiger partial charge in [0.1, 0.15) is 5.75 Å². The average molecular weight is 251 g/mol. The highest BCUT2D eigenvalue weighted by molar-refractivity contribution is 5.88. The van der Waals surface area contributed by atoms with Gasteiger partial charge >= 0.3 is 5.97 Å². The number of hydrogen-bond donors (Lipinski definition) is 2. The zero-order chi connectivity index (χ0) is 13.5. The first-order valence-electron chi connectivity index (χ1n) is 5.78. The highest BCUT2D eigenvalue weighted by Crippen LogP contribution is 2.13. The second-order valence-corrected chi connectivity index (χ2v) is 4.00. The molecule has 2 N–H and O–H groups in total. The Bertz CT molecular complexity index is 431. The summed E-state index contributed by atoms with van der Waals surface area (Å²) in [5, 5.41) is 11.6. The molecule has 5 heteroatoms. The molecule has 0 heterocycles. The summed E-state index contributed by atoms with van der Waals surface area (Å²) in [5.41, 5.74) is 0.134.